The molecule has 1 aromatic heterocycles. The van der Waals surface area contributed by atoms with Crippen LogP contribution in [0.15, 0.2) is 17.0 Å². The van der Waals surface area contributed by atoms with Gasteiger partial charge in [0.2, 0.25) is 0 Å². The van der Waals surface area contributed by atoms with Crippen LogP contribution in [0, 0.1) is 56.7 Å². The minimum absolute atomic E-state index is 0.0680. The fourth-order valence-corrected chi connectivity index (χ4v) is 13.3. The molecular weight excluding hydrogens is 635 g/mol. The number of aliphatic carboxylic acids is 1. The maximum absolute atomic E-state index is 13.4. The fourth-order valence-electron chi connectivity index (χ4n) is 12.4. The largest absolute Gasteiger partial charge is 0.481 e. The molecular formula is C40H65N3O5S. The normalized spacial score (nSPS) is 42.8. The first kappa shape index (κ1) is 37.4. The van der Waals surface area contributed by atoms with Crippen LogP contribution in [0.4, 0.5) is 0 Å². The maximum atomic E-state index is 13.4. The van der Waals surface area contributed by atoms with Crippen molar-refractivity contribution < 1.29 is 24.1 Å². The van der Waals surface area contributed by atoms with Crippen LogP contribution in [0.25, 0.3) is 0 Å². The molecule has 5 aliphatic rings. The van der Waals surface area contributed by atoms with E-state index >= 15 is 0 Å². The number of hydrogen-bond donors (Lipinski definition) is 3. The smallest absolute Gasteiger partial charge is 0.307 e. The molecule has 0 aromatic carbocycles. The molecule has 4 aliphatic carbocycles. The van der Waals surface area contributed by atoms with Gasteiger partial charge in [0.1, 0.15) is 5.01 Å². The zero-order valence-corrected chi connectivity index (χ0v) is 32.4. The summed E-state index contributed by atoms with van der Waals surface area (Å²) in [6.45, 7) is 18.7. The molecule has 12 atom stereocenters. The third-order valence-electron chi connectivity index (χ3n) is 15.6. The molecule has 1 aromatic rings. The molecule has 5 N–H and O–H groups in total. The first-order valence-electron chi connectivity index (χ1n) is 19.2. The van der Waals surface area contributed by atoms with Crippen LogP contribution in [0.3, 0.4) is 0 Å². The Kier molecular flexibility index (Phi) is 10.4. The van der Waals surface area contributed by atoms with Gasteiger partial charge < -0.3 is 30.8 Å². The number of nitrogens with two attached hydrogens (primary N) is 2. The first-order valence-corrected chi connectivity index (χ1v) is 20.1. The molecule has 2 bridgehead atoms. The molecule has 1 saturated heterocycles. The number of rotatable bonds is 12. The van der Waals surface area contributed by atoms with Gasteiger partial charge in [0.05, 0.1) is 49.7 Å². The average Bonchev–Trinajstić information content (AvgIpc) is 3.53. The van der Waals surface area contributed by atoms with Crippen molar-refractivity contribution >= 4 is 17.3 Å². The Morgan fingerprint density at radius 1 is 1.12 bits per heavy atom. The van der Waals surface area contributed by atoms with Crippen molar-refractivity contribution in [3.8, 4) is 0 Å². The van der Waals surface area contributed by atoms with Crippen LogP contribution in [-0.2, 0) is 25.6 Å². The van der Waals surface area contributed by atoms with Crippen LogP contribution in [0.1, 0.15) is 123 Å². The Bertz CT molecular complexity index is 1400. The van der Waals surface area contributed by atoms with E-state index in [0.29, 0.717) is 50.0 Å². The van der Waals surface area contributed by atoms with Crippen LogP contribution >= 0.6 is 11.3 Å². The Morgan fingerprint density at radius 2 is 1.88 bits per heavy atom. The van der Waals surface area contributed by atoms with E-state index in [1.807, 2.05) is 7.11 Å². The molecule has 276 valence electrons. The van der Waals surface area contributed by atoms with Crippen molar-refractivity contribution in [2.24, 2.45) is 68.1 Å². The van der Waals surface area contributed by atoms with E-state index in [4.69, 9.17) is 30.7 Å². The minimum Gasteiger partial charge on any atom is -0.481 e. The lowest BCUT2D eigenvalue weighted by Gasteiger charge is -2.71. The first-order chi connectivity index (χ1) is 23.1. The predicted octanol–water partition coefficient (Wildman–Crippen LogP) is 7.76. The summed E-state index contributed by atoms with van der Waals surface area (Å²) < 4.78 is 19.9. The molecule has 0 spiro atoms. The lowest BCUT2D eigenvalue weighted by Crippen LogP contribution is -2.70. The molecule has 8 nitrogen and oxygen atoms in total. The molecule has 6 rings (SSSR count). The molecule has 1 unspecified atom stereocenters. The number of thiazole rings is 1. The van der Waals surface area contributed by atoms with Crippen LogP contribution in [0.2, 0.25) is 0 Å². The Morgan fingerprint density at radius 3 is 2.55 bits per heavy atom. The summed E-state index contributed by atoms with van der Waals surface area (Å²) in [5.41, 5.74) is 13.6. The van der Waals surface area contributed by atoms with E-state index in [0.717, 1.165) is 68.5 Å². The van der Waals surface area contributed by atoms with Crippen LogP contribution in [-0.4, -0.2) is 55.1 Å². The second-order valence-corrected chi connectivity index (χ2v) is 19.0. The Balaban J connectivity index is 1.28. The van der Waals surface area contributed by atoms with Gasteiger partial charge in [-0.2, -0.15) is 0 Å². The SMILES string of the molecule is CO[C@@H]1C[C@@]23COC[C@](C)(C2CC[C@H]2C3=CC[C@@]3(C)[C@H](C(=O)O)[C@@](C)([C@H](C)C(C)C)CC[C@]23C)[C@H]1OCc1csc([C@@H](N)CCCCN)n1. The van der Waals surface area contributed by atoms with Gasteiger partial charge in [-0.25, -0.2) is 4.98 Å². The van der Waals surface area contributed by atoms with Gasteiger partial charge in [0.25, 0.3) is 0 Å². The number of aromatic nitrogens is 1. The molecule has 9 heteroatoms. The van der Waals surface area contributed by atoms with Gasteiger partial charge in [-0.3, -0.25) is 4.79 Å². The van der Waals surface area contributed by atoms with E-state index in [1.165, 1.54) is 5.57 Å². The van der Waals surface area contributed by atoms with Crippen molar-refractivity contribution in [1.82, 2.24) is 4.98 Å². The summed E-state index contributed by atoms with van der Waals surface area (Å²) in [6, 6.07) is -0.0680. The summed E-state index contributed by atoms with van der Waals surface area (Å²) in [6.07, 6.45) is 11.1. The second kappa shape index (κ2) is 13.6. The monoisotopic (exact) mass is 699 g/mol. The predicted molar refractivity (Wildman–Crippen MR) is 195 cm³/mol. The van der Waals surface area contributed by atoms with E-state index < -0.39 is 5.97 Å². The molecule has 0 amide bonds. The summed E-state index contributed by atoms with van der Waals surface area (Å²) >= 11 is 1.62. The number of nitrogens with zero attached hydrogens (tertiary/aromatic N) is 1. The van der Waals surface area contributed by atoms with E-state index in [2.05, 4.69) is 59.9 Å². The Labute approximate surface area is 299 Å². The molecule has 4 fully saturated rings. The molecule has 1 aliphatic heterocycles. The van der Waals surface area contributed by atoms with E-state index in [9.17, 15) is 9.90 Å². The van der Waals surface area contributed by atoms with E-state index in [-0.39, 0.29) is 51.2 Å². The van der Waals surface area contributed by atoms with Gasteiger partial charge >= 0.3 is 5.97 Å². The summed E-state index contributed by atoms with van der Waals surface area (Å²) in [5, 5.41) is 14.0. The zero-order valence-electron chi connectivity index (χ0n) is 31.6. The number of ether oxygens (including phenoxy) is 3. The number of carboxylic acid groups (broad SMARTS) is 1. The molecule has 49 heavy (non-hydrogen) atoms. The minimum atomic E-state index is -0.612. The Hall–Kier alpha value is -1.36. The van der Waals surface area contributed by atoms with Crippen LogP contribution < -0.4 is 11.5 Å². The highest BCUT2D eigenvalue weighted by Crippen LogP contribution is 2.75. The highest BCUT2D eigenvalue weighted by Gasteiger charge is 2.71. The third-order valence-corrected chi connectivity index (χ3v) is 16.7. The lowest BCUT2D eigenvalue weighted by molar-refractivity contribution is -0.269. The van der Waals surface area contributed by atoms with Crippen molar-refractivity contribution in [3.63, 3.8) is 0 Å². The summed E-state index contributed by atoms with van der Waals surface area (Å²) in [4.78, 5) is 18.3. The number of methoxy groups -OCH3 is 1. The molecule has 0 radical (unpaired) electrons. The lowest BCUT2D eigenvalue weighted by atomic mass is 9.34. The number of allylic oxidation sites excluding steroid dienone is 1. The van der Waals surface area contributed by atoms with Gasteiger partial charge in [-0.1, -0.05) is 66.5 Å². The number of carbonyl (C=O) groups is 1. The quantitative estimate of drug-likeness (QED) is 0.149. The van der Waals surface area contributed by atoms with Gasteiger partial charge in [0.15, 0.2) is 0 Å². The summed E-state index contributed by atoms with van der Waals surface area (Å²) in [5.74, 6) is 0.511. The number of carboxylic acids is 1. The maximum Gasteiger partial charge on any atom is 0.307 e. The van der Waals surface area contributed by atoms with Crippen molar-refractivity contribution in [2.75, 3.05) is 26.9 Å². The zero-order chi connectivity index (χ0) is 35.6. The average molecular weight is 700 g/mol. The van der Waals surface area contributed by atoms with Crippen LogP contribution in [0.5, 0.6) is 0 Å². The third kappa shape index (κ3) is 5.70. The fraction of sp³-hybridized carbons (Fsp3) is 0.850. The van der Waals surface area contributed by atoms with Crippen molar-refractivity contribution in [2.45, 2.75) is 131 Å². The van der Waals surface area contributed by atoms with Gasteiger partial charge in [-0.15, -0.1) is 11.3 Å². The number of unbranched alkanes of at least 4 members (excludes halogenated alkanes) is 1. The summed E-state index contributed by atoms with van der Waals surface area (Å²) in [7, 11) is 1.84. The molecule has 3 saturated carbocycles. The molecule has 2 heterocycles. The topological polar surface area (TPSA) is 130 Å². The van der Waals surface area contributed by atoms with Crippen molar-refractivity contribution in [3.05, 3.63) is 27.7 Å². The number of fused-ring (bicyclic) bond motifs is 3. The second-order valence-electron chi connectivity index (χ2n) is 18.1. The van der Waals surface area contributed by atoms with E-state index in [1.54, 1.807) is 11.3 Å². The van der Waals surface area contributed by atoms with Gasteiger partial charge in [-0.05, 0) is 97.8 Å². The highest BCUT2D eigenvalue weighted by molar-refractivity contribution is 7.09. The van der Waals surface area contributed by atoms with Gasteiger partial charge in [0, 0.05) is 23.3 Å². The standard InChI is InChI=1S/C40H65N3O5S/c1-24(2)25(3)36(4)16-17-38(6)27-12-13-31-37(5)22-47-23-40(31,28(27)14-15-39(38,7)32(36)35(44)45)19-30(46-8)33(37)48-20-26-21-49-34(43-26)29(42)11-9-10-18-41/h14,21,24-25,27,29-33H,9-13,15-20,22-23,41-42H2,1-8H3,(H,44,45)/t25-,27+,29+,30-,31?,32-,33+,36-,37-,38-,39+,40+/m1/s1. The van der Waals surface area contributed by atoms with Crippen molar-refractivity contribution in [1.29, 1.82) is 0 Å². The number of hydrogen-bond acceptors (Lipinski definition) is 8. The highest BCUT2D eigenvalue weighted by atomic mass is 32.1.